The number of aldehydes is 1. The first kappa shape index (κ1) is 13.4. The van der Waals surface area contributed by atoms with Crippen LogP contribution in [0.25, 0.3) is 0 Å². The van der Waals surface area contributed by atoms with Crippen molar-refractivity contribution >= 4 is 6.29 Å². The number of rotatable bonds is 9. The standard InChI is InChI=1S/C12H23NO/c1-4-13(5-2)10-8-6-7-9-12(3)11-14/h11H,3-10H2,1-2H3. The second-order valence-electron chi connectivity index (χ2n) is 3.61. The first-order valence-corrected chi connectivity index (χ1v) is 5.59. The summed E-state index contributed by atoms with van der Waals surface area (Å²) in [4.78, 5) is 12.7. The van der Waals surface area contributed by atoms with Crippen LogP contribution in [-0.2, 0) is 4.79 Å². The van der Waals surface area contributed by atoms with Gasteiger partial charge in [-0.05, 0) is 44.5 Å². The molecule has 0 saturated carbocycles. The highest BCUT2D eigenvalue weighted by atomic mass is 16.1. The highest BCUT2D eigenvalue weighted by Crippen LogP contribution is 2.05. The molecular weight excluding hydrogens is 174 g/mol. The summed E-state index contributed by atoms with van der Waals surface area (Å²) >= 11 is 0. The fraction of sp³-hybridized carbons (Fsp3) is 0.750. The van der Waals surface area contributed by atoms with Gasteiger partial charge in [0.15, 0.2) is 0 Å². The predicted molar refractivity (Wildman–Crippen MR) is 61.5 cm³/mol. The number of hydrogen-bond acceptors (Lipinski definition) is 2. The Kier molecular flexibility index (Phi) is 8.54. The Bertz CT molecular complexity index is 162. The van der Waals surface area contributed by atoms with E-state index >= 15 is 0 Å². The number of carbonyl (C=O) groups excluding carboxylic acids is 1. The molecule has 0 aliphatic rings. The number of carbonyl (C=O) groups is 1. The third-order valence-electron chi connectivity index (χ3n) is 2.53. The molecule has 0 saturated heterocycles. The molecular formula is C12H23NO. The summed E-state index contributed by atoms with van der Waals surface area (Å²) in [5, 5.41) is 0. The molecule has 14 heavy (non-hydrogen) atoms. The Morgan fingerprint density at radius 1 is 1.21 bits per heavy atom. The molecule has 0 atom stereocenters. The molecule has 2 nitrogen and oxygen atoms in total. The van der Waals surface area contributed by atoms with Crippen molar-refractivity contribution in [1.29, 1.82) is 0 Å². The van der Waals surface area contributed by atoms with Crippen LogP contribution in [0.4, 0.5) is 0 Å². The topological polar surface area (TPSA) is 20.3 Å². The minimum absolute atomic E-state index is 0.729. The minimum atomic E-state index is 0.729. The maximum Gasteiger partial charge on any atom is 0.145 e. The Morgan fingerprint density at radius 3 is 2.36 bits per heavy atom. The van der Waals surface area contributed by atoms with Gasteiger partial charge in [0.1, 0.15) is 6.29 Å². The van der Waals surface area contributed by atoms with Gasteiger partial charge in [-0.1, -0.05) is 26.8 Å². The zero-order chi connectivity index (χ0) is 10.8. The van der Waals surface area contributed by atoms with Gasteiger partial charge in [0.05, 0.1) is 0 Å². The maximum atomic E-state index is 10.3. The van der Waals surface area contributed by atoms with E-state index in [2.05, 4.69) is 25.3 Å². The maximum absolute atomic E-state index is 10.3. The number of unbranched alkanes of at least 4 members (excludes halogenated alkanes) is 2. The van der Waals surface area contributed by atoms with E-state index in [1.807, 2.05) is 0 Å². The number of allylic oxidation sites excluding steroid dienone is 1. The van der Waals surface area contributed by atoms with Crippen LogP contribution in [0.15, 0.2) is 12.2 Å². The fourth-order valence-corrected chi connectivity index (χ4v) is 1.46. The number of hydrogen-bond donors (Lipinski definition) is 0. The third-order valence-corrected chi connectivity index (χ3v) is 2.53. The Morgan fingerprint density at radius 2 is 1.86 bits per heavy atom. The molecule has 82 valence electrons. The lowest BCUT2D eigenvalue weighted by Gasteiger charge is -2.17. The lowest BCUT2D eigenvalue weighted by atomic mass is 10.1. The molecule has 2 heteroatoms. The molecule has 0 aromatic carbocycles. The van der Waals surface area contributed by atoms with Gasteiger partial charge in [0, 0.05) is 0 Å². The van der Waals surface area contributed by atoms with Gasteiger partial charge >= 0.3 is 0 Å². The molecule has 0 fully saturated rings. The average Bonchev–Trinajstić information content (AvgIpc) is 2.23. The molecule has 0 bridgehead atoms. The van der Waals surface area contributed by atoms with Crippen molar-refractivity contribution in [2.24, 2.45) is 0 Å². The Labute approximate surface area is 88.0 Å². The summed E-state index contributed by atoms with van der Waals surface area (Å²) in [7, 11) is 0. The van der Waals surface area contributed by atoms with Gasteiger partial charge in [0.2, 0.25) is 0 Å². The zero-order valence-corrected chi connectivity index (χ0v) is 9.59. The summed E-state index contributed by atoms with van der Waals surface area (Å²) in [6.07, 6.45) is 5.25. The van der Waals surface area contributed by atoms with Crippen molar-refractivity contribution < 1.29 is 4.79 Å². The quantitative estimate of drug-likeness (QED) is 0.322. The van der Waals surface area contributed by atoms with Crippen molar-refractivity contribution in [2.75, 3.05) is 19.6 Å². The molecule has 0 radical (unpaired) electrons. The molecule has 0 rings (SSSR count). The normalized spacial score (nSPS) is 10.5. The van der Waals surface area contributed by atoms with Crippen molar-refractivity contribution in [1.82, 2.24) is 4.90 Å². The van der Waals surface area contributed by atoms with Crippen LogP contribution < -0.4 is 0 Å². The van der Waals surface area contributed by atoms with Crippen LogP contribution in [0.1, 0.15) is 39.5 Å². The van der Waals surface area contributed by atoms with E-state index in [0.717, 1.165) is 37.8 Å². The van der Waals surface area contributed by atoms with Crippen molar-refractivity contribution in [3.05, 3.63) is 12.2 Å². The van der Waals surface area contributed by atoms with E-state index in [4.69, 9.17) is 0 Å². The van der Waals surface area contributed by atoms with Crippen LogP contribution in [0.2, 0.25) is 0 Å². The molecule has 0 spiro atoms. The van der Waals surface area contributed by atoms with Crippen LogP contribution in [0, 0.1) is 0 Å². The second kappa shape index (κ2) is 8.95. The first-order chi connectivity index (χ1) is 6.74. The Hall–Kier alpha value is -0.630. The van der Waals surface area contributed by atoms with E-state index in [-0.39, 0.29) is 0 Å². The minimum Gasteiger partial charge on any atom is -0.304 e. The van der Waals surface area contributed by atoms with E-state index in [1.54, 1.807) is 0 Å². The lowest BCUT2D eigenvalue weighted by molar-refractivity contribution is -0.105. The smallest absolute Gasteiger partial charge is 0.145 e. The Balaban J connectivity index is 3.28. The van der Waals surface area contributed by atoms with E-state index in [1.165, 1.54) is 19.4 Å². The molecule has 0 amide bonds. The first-order valence-electron chi connectivity index (χ1n) is 5.59. The van der Waals surface area contributed by atoms with Gasteiger partial charge in [-0.15, -0.1) is 0 Å². The summed E-state index contributed by atoms with van der Waals surface area (Å²) in [6.45, 7) is 11.5. The van der Waals surface area contributed by atoms with Crippen LogP contribution in [0.5, 0.6) is 0 Å². The summed E-state index contributed by atoms with van der Waals surface area (Å²) in [5.74, 6) is 0. The second-order valence-corrected chi connectivity index (χ2v) is 3.61. The largest absolute Gasteiger partial charge is 0.304 e. The van der Waals surface area contributed by atoms with Crippen LogP contribution in [0.3, 0.4) is 0 Å². The molecule has 0 aromatic rings. The van der Waals surface area contributed by atoms with Crippen LogP contribution in [-0.4, -0.2) is 30.8 Å². The highest BCUT2D eigenvalue weighted by Gasteiger charge is 1.98. The van der Waals surface area contributed by atoms with Gasteiger partial charge in [-0.3, -0.25) is 4.79 Å². The molecule has 0 N–H and O–H groups in total. The van der Waals surface area contributed by atoms with E-state index < -0.39 is 0 Å². The van der Waals surface area contributed by atoms with Gasteiger partial charge < -0.3 is 4.90 Å². The van der Waals surface area contributed by atoms with Crippen LogP contribution >= 0.6 is 0 Å². The monoisotopic (exact) mass is 197 g/mol. The molecule has 0 aliphatic heterocycles. The SMILES string of the molecule is C=C(C=O)CCCCCN(CC)CC. The predicted octanol–water partition coefficient (Wildman–Crippen LogP) is 2.64. The molecule has 0 aromatic heterocycles. The summed E-state index contributed by atoms with van der Waals surface area (Å²) in [6, 6.07) is 0. The van der Waals surface area contributed by atoms with Crippen molar-refractivity contribution in [3.8, 4) is 0 Å². The van der Waals surface area contributed by atoms with Crippen molar-refractivity contribution in [2.45, 2.75) is 39.5 Å². The zero-order valence-electron chi connectivity index (χ0n) is 9.59. The van der Waals surface area contributed by atoms with Gasteiger partial charge in [-0.25, -0.2) is 0 Å². The molecule has 0 aliphatic carbocycles. The highest BCUT2D eigenvalue weighted by molar-refractivity contribution is 5.71. The van der Waals surface area contributed by atoms with E-state index in [0.29, 0.717) is 0 Å². The molecule has 0 unspecified atom stereocenters. The van der Waals surface area contributed by atoms with E-state index in [9.17, 15) is 4.79 Å². The third kappa shape index (κ3) is 6.84. The van der Waals surface area contributed by atoms with Crippen molar-refractivity contribution in [3.63, 3.8) is 0 Å². The summed E-state index contributed by atoms with van der Waals surface area (Å²) in [5.41, 5.74) is 0.729. The number of nitrogens with zero attached hydrogens (tertiary/aromatic N) is 1. The molecule has 0 heterocycles. The van der Waals surface area contributed by atoms with Gasteiger partial charge in [0.25, 0.3) is 0 Å². The van der Waals surface area contributed by atoms with Gasteiger partial charge in [-0.2, -0.15) is 0 Å². The lowest BCUT2D eigenvalue weighted by Crippen LogP contribution is -2.23. The average molecular weight is 197 g/mol. The summed E-state index contributed by atoms with van der Waals surface area (Å²) < 4.78 is 0. The fourth-order valence-electron chi connectivity index (χ4n) is 1.46.